The van der Waals surface area contributed by atoms with E-state index in [-0.39, 0.29) is 36.8 Å². The van der Waals surface area contributed by atoms with Crippen LogP contribution in [0.1, 0.15) is 112 Å². The van der Waals surface area contributed by atoms with Crippen LogP contribution in [0.5, 0.6) is 0 Å². The number of nitrogens with one attached hydrogen (secondary N) is 6. The highest BCUT2D eigenvalue weighted by atomic mass is 16.7. The van der Waals surface area contributed by atoms with Crippen molar-refractivity contribution in [2.24, 2.45) is 23.0 Å². The van der Waals surface area contributed by atoms with Gasteiger partial charge in [0.05, 0.1) is 37.3 Å². The first kappa shape index (κ1) is 43.6. The van der Waals surface area contributed by atoms with Crippen LogP contribution in [0.15, 0.2) is 0 Å². The van der Waals surface area contributed by atoms with Gasteiger partial charge in [0.2, 0.25) is 29.5 Å². The van der Waals surface area contributed by atoms with Gasteiger partial charge in [0.15, 0.2) is 0 Å². The Labute approximate surface area is 310 Å². The lowest BCUT2D eigenvalue weighted by atomic mass is 9.43. The number of hydrogen-bond acceptors (Lipinski definition) is 10. The molecule has 5 amide bonds. The molecule has 1 aliphatic heterocycles. The molecular weight excluding hydrogens is 669 g/mol. The zero-order valence-corrected chi connectivity index (χ0v) is 32.2. The largest absolute Gasteiger partial charge is 0.478 e. The quantitative estimate of drug-likeness (QED) is 0.0477. The van der Waals surface area contributed by atoms with Crippen molar-refractivity contribution in [2.75, 3.05) is 39.2 Å². The molecular formula is C36H66BN7O8. The molecule has 4 aliphatic rings. The molecule has 1 heterocycles. The van der Waals surface area contributed by atoms with E-state index in [0.717, 1.165) is 32.2 Å². The van der Waals surface area contributed by atoms with E-state index in [1.165, 1.54) is 32.6 Å². The maximum atomic E-state index is 13.2. The maximum absolute atomic E-state index is 13.2. The minimum Gasteiger partial charge on any atom is -0.404 e. The van der Waals surface area contributed by atoms with Crippen LogP contribution in [-0.4, -0.2) is 111 Å². The number of nitrogens with two attached hydrogens (primary N) is 1. The van der Waals surface area contributed by atoms with E-state index >= 15 is 0 Å². The van der Waals surface area contributed by atoms with Crippen molar-refractivity contribution in [3.05, 3.63) is 0 Å². The Balaban J connectivity index is 1.37. The summed E-state index contributed by atoms with van der Waals surface area (Å²) in [6, 6.07) is -2.25. The van der Waals surface area contributed by atoms with Crippen molar-refractivity contribution in [3.8, 4) is 0 Å². The lowest BCUT2D eigenvalue weighted by Gasteiger charge is -2.64. The second kappa shape index (κ2) is 21.2. The third kappa shape index (κ3) is 12.7. The average Bonchev–Trinajstić information content (AvgIpc) is 3.45. The number of hydrogen-bond donors (Lipinski definition) is 8. The van der Waals surface area contributed by atoms with Gasteiger partial charge < -0.3 is 52.0 Å². The number of amides is 5. The van der Waals surface area contributed by atoms with E-state index in [4.69, 9.17) is 15.0 Å². The molecule has 4 rings (SSSR count). The summed E-state index contributed by atoms with van der Waals surface area (Å²) in [5.41, 5.74) is 5.44. The van der Waals surface area contributed by atoms with E-state index in [0.29, 0.717) is 44.2 Å². The lowest BCUT2D eigenvalue weighted by molar-refractivity contribution is -0.199. The first-order valence-corrected chi connectivity index (χ1v) is 19.6. The van der Waals surface area contributed by atoms with E-state index in [2.05, 4.69) is 59.6 Å². The molecule has 296 valence electrons. The van der Waals surface area contributed by atoms with Crippen LogP contribution < -0.4 is 37.6 Å². The Kier molecular flexibility index (Phi) is 17.8. The van der Waals surface area contributed by atoms with Crippen LogP contribution >= 0.6 is 0 Å². The molecule has 2 bridgehead atoms. The number of carbonyl (C=O) groups excluding carboxylic acids is 5. The number of aliphatic hydroxyl groups is 1. The van der Waals surface area contributed by atoms with Gasteiger partial charge in [0.25, 0.3) is 0 Å². The zero-order valence-electron chi connectivity index (χ0n) is 32.2. The molecule has 16 heteroatoms. The molecule has 1 saturated heterocycles. The molecule has 52 heavy (non-hydrogen) atoms. The van der Waals surface area contributed by atoms with Crippen molar-refractivity contribution in [1.82, 2.24) is 31.9 Å². The van der Waals surface area contributed by atoms with Crippen LogP contribution in [0.25, 0.3) is 0 Å². The highest BCUT2D eigenvalue weighted by molar-refractivity contribution is 6.46. The predicted molar refractivity (Wildman–Crippen MR) is 198 cm³/mol. The molecule has 3 saturated carbocycles. The molecule has 0 spiro atoms. The van der Waals surface area contributed by atoms with E-state index in [9.17, 15) is 29.1 Å². The topological polar surface area (TPSA) is 222 Å². The molecule has 0 aromatic rings. The van der Waals surface area contributed by atoms with Crippen LogP contribution in [0.2, 0.25) is 0 Å². The van der Waals surface area contributed by atoms with Gasteiger partial charge in [-0.2, -0.15) is 0 Å². The monoisotopic (exact) mass is 736 g/mol. The fraction of sp³-hybridized carbons (Fsp3) is 0.861. The number of carbonyl (C=O) groups is 5. The molecule has 0 aromatic heterocycles. The minimum absolute atomic E-state index is 0.0178. The van der Waals surface area contributed by atoms with E-state index in [1.54, 1.807) is 0 Å². The van der Waals surface area contributed by atoms with Crippen LogP contribution in [0, 0.1) is 17.3 Å². The Morgan fingerprint density at radius 2 is 1.54 bits per heavy atom. The Bertz CT molecular complexity index is 1190. The standard InChI is InChI=1S/C36H66BN7O8/c1-6-7-8-9-10-13-17-39-18-15-29(46)40-21-31(48)44-32(24(2)45)34(50)41-22-30(47)43-26(14-11-12-16-38)33(49)42-23-37-51-28-20-25-19-27(35(25,3)4)36(28,5)52-37/h24-28,32,39,45H,6-23,38H2,1-5H3,(H,40,46)(H,41,50)(H,42,49)(H,43,47)(H,44,48)/t24?,25?,26?,27?,28-,32?,36+/m1/s1. The Morgan fingerprint density at radius 1 is 0.846 bits per heavy atom. The molecule has 4 fully saturated rings. The third-order valence-corrected chi connectivity index (χ3v) is 11.2. The summed E-state index contributed by atoms with van der Waals surface area (Å²) < 4.78 is 12.6. The van der Waals surface area contributed by atoms with Gasteiger partial charge in [-0.3, -0.25) is 24.0 Å². The Hall–Kier alpha value is -2.79. The summed E-state index contributed by atoms with van der Waals surface area (Å²) in [5.74, 6) is -1.81. The average molecular weight is 736 g/mol. The maximum Gasteiger partial charge on any atom is 0.478 e. The SMILES string of the molecule is CCCCCCCCNCCC(=O)NCC(=O)NC(C(=O)NCC(=O)NC(CCCCN)C(=O)NCB1O[C@@H]2CC3CC(C3(C)C)[C@]2(C)O1)C(C)O. The van der Waals surface area contributed by atoms with E-state index in [1.807, 2.05) is 0 Å². The summed E-state index contributed by atoms with van der Waals surface area (Å²) in [5, 5.41) is 26.3. The molecule has 9 N–H and O–H groups in total. The predicted octanol–water partition coefficient (Wildman–Crippen LogP) is 0.422. The summed E-state index contributed by atoms with van der Waals surface area (Å²) in [6.45, 7) is 11.1. The van der Waals surface area contributed by atoms with Gasteiger partial charge in [-0.15, -0.1) is 0 Å². The molecule has 5 unspecified atom stereocenters. The van der Waals surface area contributed by atoms with Crippen molar-refractivity contribution in [2.45, 2.75) is 142 Å². The Morgan fingerprint density at radius 3 is 2.23 bits per heavy atom. The molecule has 3 aliphatic carbocycles. The fourth-order valence-electron chi connectivity index (χ4n) is 7.88. The van der Waals surface area contributed by atoms with Crippen LogP contribution in [0.3, 0.4) is 0 Å². The van der Waals surface area contributed by atoms with Crippen molar-refractivity contribution < 1.29 is 38.4 Å². The van der Waals surface area contributed by atoms with Crippen molar-refractivity contribution in [1.29, 1.82) is 0 Å². The lowest BCUT2D eigenvalue weighted by Crippen LogP contribution is -2.65. The first-order chi connectivity index (χ1) is 24.7. The third-order valence-electron chi connectivity index (χ3n) is 11.2. The van der Waals surface area contributed by atoms with E-state index < -0.39 is 61.1 Å². The molecule has 7 atom stereocenters. The first-order valence-electron chi connectivity index (χ1n) is 19.6. The normalized spacial score (nSPS) is 24.4. The van der Waals surface area contributed by atoms with Gasteiger partial charge in [-0.1, -0.05) is 52.9 Å². The smallest absolute Gasteiger partial charge is 0.404 e. The van der Waals surface area contributed by atoms with Gasteiger partial charge >= 0.3 is 7.12 Å². The second-order valence-electron chi connectivity index (χ2n) is 15.6. The van der Waals surface area contributed by atoms with Crippen molar-refractivity contribution in [3.63, 3.8) is 0 Å². The van der Waals surface area contributed by atoms with Gasteiger partial charge in [0, 0.05) is 13.0 Å². The van der Waals surface area contributed by atoms with Gasteiger partial charge in [0.1, 0.15) is 12.1 Å². The minimum atomic E-state index is -1.37. The second-order valence-corrected chi connectivity index (χ2v) is 15.6. The number of rotatable bonds is 25. The summed E-state index contributed by atoms with van der Waals surface area (Å²) >= 11 is 0. The van der Waals surface area contributed by atoms with Crippen LogP contribution in [-0.2, 0) is 33.3 Å². The highest BCUT2D eigenvalue weighted by Crippen LogP contribution is 2.65. The van der Waals surface area contributed by atoms with Gasteiger partial charge in [-0.25, -0.2) is 0 Å². The van der Waals surface area contributed by atoms with Crippen molar-refractivity contribution >= 4 is 36.7 Å². The molecule has 0 radical (unpaired) electrons. The fourth-order valence-corrected chi connectivity index (χ4v) is 7.88. The summed E-state index contributed by atoms with van der Waals surface area (Å²) in [7, 11) is -0.591. The molecule has 0 aromatic carbocycles. The number of aliphatic hydroxyl groups excluding tert-OH is 1. The molecule has 15 nitrogen and oxygen atoms in total. The highest BCUT2D eigenvalue weighted by Gasteiger charge is 2.67. The number of unbranched alkanes of at least 4 members (excludes halogenated alkanes) is 6. The summed E-state index contributed by atoms with van der Waals surface area (Å²) in [4.78, 5) is 63.6. The summed E-state index contributed by atoms with van der Waals surface area (Å²) in [6.07, 6.45) is 9.81. The van der Waals surface area contributed by atoms with Gasteiger partial charge in [-0.05, 0) is 82.7 Å². The zero-order chi connectivity index (χ0) is 38.3. The van der Waals surface area contributed by atoms with Crippen LogP contribution in [0.4, 0.5) is 0 Å².